The molecule has 2 aromatic rings. The van der Waals surface area contributed by atoms with Crippen molar-refractivity contribution >= 4 is 11.6 Å². The number of anilines is 1. The van der Waals surface area contributed by atoms with E-state index in [1.165, 1.54) is 6.20 Å². The predicted octanol–water partition coefficient (Wildman–Crippen LogP) is 1.16. The molecule has 7 nitrogen and oxygen atoms in total. The Morgan fingerprint density at radius 2 is 2.25 bits per heavy atom. The van der Waals surface area contributed by atoms with Crippen molar-refractivity contribution in [2.75, 3.05) is 18.5 Å². The number of hydrogen-bond donors (Lipinski definition) is 3. The van der Waals surface area contributed by atoms with Crippen LogP contribution in [0.15, 0.2) is 36.7 Å². The molecular formula is C17H21N5O2. The summed E-state index contributed by atoms with van der Waals surface area (Å²) in [5, 5.41) is 6.04. The van der Waals surface area contributed by atoms with E-state index in [0.29, 0.717) is 12.3 Å². The molecular weight excluding hydrogens is 306 g/mol. The number of hydrogen-bond acceptors (Lipinski definition) is 6. The molecule has 0 aliphatic carbocycles. The molecule has 1 saturated heterocycles. The Morgan fingerprint density at radius 1 is 1.42 bits per heavy atom. The predicted molar refractivity (Wildman–Crippen MR) is 90.4 cm³/mol. The van der Waals surface area contributed by atoms with Gasteiger partial charge in [0.25, 0.3) is 5.91 Å². The molecule has 1 aromatic carbocycles. The minimum Gasteiger partial charge on any atom is -0.366 e. The van der Waals surface area contributed by atoms with Crippen LogP contribution in [0.1, 0.15) is 28.7 Å². The molecule has 1 unspecified atom stereocenters. The maximum Gasteiger partial charge on any atom is 0.275 e. The van der Waals surface area contributed by atoms with Gasteiger partial charge in [-0.1, -0.05) is 12.1 Å². The number of morpholine rings is 1. The highest BCUT2D eigenvalue weighted by Gasteiger charge is 2.37. The first-order valence-electron chi connectivity index (χ1n) is 7.82. The summed E-state index contributed by atoms with van der Waals surface area (Å²) in [4.78, 5) is 20.4. The van der Waals surface area contributed by atoms with Crippen LogP contribution in [0, 0.1) is 6.92 Å². The van der Waals surface area contributed by atoms with Crippen LogP contribution in [0.3, 0.4) is 0 Å². The molecule has 0 bridgehead atoms. The number of aryl methyl sites for hydroxylation is 1. The normalized spacial score (nSPS) is 23.7. The SMILES string of the molecule is Cc1cnc(C(=O)Nc2cccc([C@]3(C)OCCNC3N)c2)cn1. The lowest BCUT2D eigenvalue weighted by Gasteiger charge is -2.40. The van der Waals surface area contributed by atoms with Gasteiger partial charge in [0, 0.05) is 18.4 Å². The zero-order valence-electron chi connectivity index (χ0n) is 13.7. The molecule has 0 radical (unpaired) electrons. The van der Waals surface area contributed by atoms with Crippen molar-refractivity contribution in [3.63, 3.8) is 0 Å². The molecule has 0 saturated carbocycles. The third-order valence-corrected chi connectivity index (χ3v) is 4.17. The van der Waals surface area contributed by atoms with E-state index in [1.807, 2.05) is 38.1 Å². The summed E-state index contributed by atoms with van der Waals surface area (Å²) in [7, 11) is 0. The molecule has 4 N–H and O–H groups in total. The third kappa shape index (κ3) is 3.28. The number of amides is 1. The molecule has 3 rings (SSSR count). The summed E-state index contributed by atoms with van der Waals surface area (Å²) >= 11 is 0. The summed E-state index contributed by atoms with van der Waals surface area (Å²) in [5.41, 5.74) is 8.09. The number of benzene rings is 1. The first-order chi connectivity index (χ1) is 11.5. The Labute approximate surface area is 140 Å². The molecule has 7 heteroatoms. The minimum absolute atomic E-state index is 0.268. The summed E-state index contributed by atoms with van der Waals surface area (Å²) < 4.78 is 5.90. The average Bonchev–Trinajstić information content (AvgIpc) is 2.58. The highest BCUT2D eigenvalue weighted by atomic mass is 16.5. The molecule has 1 amide bonds. The second-order valence-corrected chi connectivity index (χ2v) is 5.97. The highest BCUT2D eigenvalue weighted by Crippen LogP contribution is 2.30. The number of nitrogens with two attached hydrogens (primary N) is 1. The Balaban J connectivity index is 1.80. The summed E-state index contributed by atoms with van der Waals surface area (Å²) in [6, 6.07) is 7.48. The number of rotatable bonds is 3. The Bertz CT molecular complexity index is 734. The van der Waals surface area contributed by atoms with Gasteiger partial charge >= 0.3 is 0 Å². The van der Waals surface area contributed by atoms with Crippen LogP contribution >= 0.6 is 0 Å². The first kappa shape index (κ1) is 16.5. The quantitative estimate of drug-likeness (QED) is 0.782. The summed E-state index contributed by atoms with van der Waals surface area (Å²) in [6.45, 7) is 5.07. The molecule has 2 heterocycles. The highest BCUT2D eigenvalue weighted by molar-refractivity contribution is 6.02. The molecule has 126 valence electrons. The first-order valence-corrected chi connectivity index (χ1v) is 7.82. The van der Waals surface area contributed by atoms with Crippen LogP contribution in [0.2, 0.25) is 0 Å². The molecule has 0 spiro atoms. The standard InChI is InChI=1S/C17H21N5O2/c1-11-9-21-14(10-20-11)15(23)22-13-5-3-4-12(8-13)17(2)16(18)19-6-7-24-17/h3-5,8-10,16,19H,6-7,18H2,1-2H3,(H,22,23)/t16?,17-/m0/s1. The van der Waals surface area contributed by atoms with Gasteiger partial charge in [-0.25, -0.2) is 4.98 Å². The van der Waals surface area contributed by atoms with E-state index < -0.39 is 5.60 Å². The van der Waals surface area contributed by atoms with Crippen LogP contribution in [0.5, 0.6) is 0 Å². The van der Waals surface area contributed by atoms with Crippen LogP contribution < -0.4 is 16.4 Å². The lowest BCUT2D eigenvalue weighted by Crippen LogP contribution is -2.59. The fraction of sp³-hybridized carbons (Fsp3) is 0.353. The van der Waals surface area contributed by atoms with E-state index in [1.54, 1.807) is 6.20 Å². The average molecular weight is 327 g/mol. The molecule has 1 fully saturated rings. The van der Waals surface area contributed by atoms with Gasteiger partial charge in [0.1, 0.15) is 11.3 Å². The van der Waals surface area contributed by atoms with E-state index in [9.17, 15) is 4.79 Å². The number of carbonyl (C=O) groups excluding carboxylic acids is 1. The lowest BCUT2D eigenvalue weighted by molar-refractivity contribution is -0.0882. The number of aromatic nitrogens is 2. The smallest absolute Gasteiger partial charge is 0.275 e. The van der Waals surface area contributed by atoms with Crippen molar-refractivity contribution in [2.45, 2.75) is 25.6 Å². The summed E-state index contributed by atoms with van der Waals surface area (Å²) in [5.74, 6) is -0.309. The van der Waals surface area contributed by atoms with Gasteiger partial charge in [-0.05, 0) is 31.5 Å². The number of nitrogens with zero attached hydrogens (tertiary/aromatic N) is 2. The molecule has 1 aliphatic heterocycles. The van der Waals surface area contributed by atoms with Gasteiger partial charge < -0.3 is 15.8 Å². The fourth-order valence-corrected chi connectivity index (χ4v) is 2.64. The number of nitrogens with one attached hydrogen (secondary N) is 2. The second kappa shape index (κ2) is 6.64. The number of ether oxygens (including phenoxy) is 1. The monoisotopic (exact) mass is 327 g/mol. The van der Waals surface area contributed by atoms with Crippen molar-refractivity contribution in [3.05, 3.63) is 53.6 Å². The van der Waals surface area contributed by atoms with Crippen LogP contribution in [0.4, 0.5) is 5.69 Å². The molecule has 24 heavy (non-hydrogen) atoms. The van der Waals surface area contributed by atoms with Crippen LogP contribution in [0.25, 0.3) is 0 Å². The number of carbonyl (C=O) groups is 1. The zero-order chi connectivity index (χ0) is 17.2. The molecule has 2 atom stereocenters. The Morgan fingerprint density at radius 3 is 2.96 bits per heavy atom. The van der Waals surface area contributed by atoms with Gasteiger partial charge in [0.15, 0.2) is 0 Å². The van der Waals surface area contributed by atoms with Gasteiger partial charge in [0.2, 0.25) is 0 Å². The van der Waals surface area contributed by atoms with Crippen molar-refractivity contribution in [3.8, 4) is 0 Å². The van der Waals surface area contributed by atoms with E-state index in [4.69, 9.17) is 10.5 Å². The van der Waals surface area contributed by atoms with Crippen molar-refractivity contribution < 1.29 is 9.53 Å². The van der Waals surface area contributed by atoms with Crippen molar-refractivity contribution in [2.24, 2.45) is 5.73 Å². The summed E-state index contributed by atoms with van der Waals surface area (Å²) in [6.07, 6.45) is 2.70. The Hall–Kier alpha value is -2.35. The van der Waals surface area contributed by atoms with E-state index in [2.05, 4.69) is 20.6 Å². The Kier molecular flexibility index (Phi) is 4.57. The second-order valence-electron chi connectivity index (χ2n) is 5.97. The van der Waals surface area contributed by atoms with Crippen molar-refractivity contribution in [1.82, 2.24) is 15.3 Å². The van der Waals surface area contributed by atoms with E-state index in [0.717, 1.165) is 17.8 Å². The van der Waals surface area contributed by atoms with Gasteiger partial charge in [0.05, 0.1) is 24.7 Å². The topological polar surface area (TPSA) is 102 Å². The van der Waals surface area contributed by atoms with Gasteiger partial charge in [-0.2, -0.15) is 0 Å². The van der Waals surface area contributed by atoms with Gasteiger partial charge in [-0.15, -0.1) is 0 Å². The largest absolute Gasteiger partial charge is 0.366 e. The lowest BCUT2D eigenvalue weighted by atomic mass is 9.91. The zero-order valence-corrected chi connectivity index (χ0v) is 13.7. The minimum atomic E-state index is -0.650. The van der Waals surface area contributed by atoms with E-state index >= 15 is 0 Å². The molecule has 1 aromatic heterocycles. The maximum absolute atomic E-state index is 12.3. The fourth-order valence-electron chi connectivity index (χ4n) is 2.64. The van der Waals surface area contributed by atoms with Crippen LogP contribution in [-0.2, 0) is 10.3 Å². The van der Waals surface area contributed by atoms with E-state index in [-0.39, 0.29) is 17.8 Å². The molecule has 1 aliphatic rings. The van der Waals surface area contributed by atoms with Gasteiger partial charge in [-0.3, -0.25) is 15.1 Å². The maximum atomic E-state index is 12.3. The van der Waals surface area contributed by atoms with Crippen molar-refractivity contribution in [1.29, 1.82) is 0 Å². The van der Waals surface area contributed by atoms with Crippen LogP contribution in [-0.4, -0.2) is 35.2 Å². The third-order valence-electron chi connectivity index (χ3n) is 4.17.